The van der Waals surface area contributed by atoms with E-state index in [2.05, 4.69) is 40.8 Å². The first-order valence-electron chi connectivity index (χ1n) is 11.9. The number of benzene rings is 2. The summed E-state index contributed by atoms with van der Waals surface area (Å²) in [5.41, 5.74) is 5.15. The number of halogens is 2. The fourth-order valence-electron chi connectivity index (χ4n) is 5.11. The van der Waals surface area contributed by atoms with Crippen LogP contribution in [0.15, 0.2) is 42.5 Å². The average molecular weight is 487 g/mol. The summed E-state index contributed by atoms with van der Waals surface area (Å²) in [5, 5.41) is 12.1. The van der Waals surface area contributed by atoms with E-state index in [1.165, 1.54) is 47.0 Å². The molecule has 0 spiro atoms. The van der Waals surface area contributed by atoms with Crippen molar-refractivity contribution in [3.05, 3.63) is 69.3 Å². The summed E-state index contributed by atoms with van der Waals surface area (Å²) in [6.45, 7) is 2.23. The van der Waals surface area contributed by atoms with E-state index >= 15 is 0 Å². The zero-order valence-electron chi connectivity index (χ0n) is 19.2. The maximum Gasteiger partial charge on any atom is 0.307 e. The van der Waals surface area contributed by atoms with Gasteiger partial charge in [0, 0.05) is 46.8 Å². The fraction of sp³-hybridized carbons (Fsp3) is 0.444. The van der Waals surface area contributed by atoms with Gasteiger partial charge in [0.1, 0.15) is 0 Å². The van der Waals surface area contributed by atoms with Crippen molar-refractivity contribution in [2.75, 3.05) is 13.1 Å². The Morgan fingerprint density at radius 1 is 1.03 bits per heavy atom. The maximum atomic E-state index is 11.4. The lowest BCUT2D eigenvalue weighted by molar-refractivity contribution is -0.141. The predicted octanol–water partition coefficient (Wildman–Crippen LogP) is 6.74. The van der Waals surface area contributed by atoms with E-state index in [9.17, 15) is 9.90 Å². The zero-order valence-corrected chi connectivity index (χ0v) is 20.7. The lowest BCUT2D eigenvalue weighted by atomic mass is 10.0. The number of nitrogens with zero attached hydrogens (tertiary/aromatic N) is 2. The summed E-state index contributed by atoms with van der Waals surface area (Å²) >= 11 is 12.4. The number of aromatic nitrogens is 1. The number of hydrogen-bond donors (Lipinski definition) is 1. The van der Waals surface area contributed by atoms with Gasteiger partial charge in [-0.25, -0.2) is 0 Å². The maximum absolute atomic E-state index is 11.4. The molecular weight excluding hydrogens is 455 g/mol. The van der Waals surface area contributed by atoms with Gasteiger partial charge in [0.05, 0.1) is 5.92 Å². The SMILES string of the molecule is Cn1c(CCCCCCc2cccc(Cl)c2)c(CN2CC[C@H](C(=O)O)C2)c2cc(Cl)ccc21. The quantitative estimate of drug-likeness (QED) is 0.322. The summed E-state index contributed by atoms with van der Waals surface area (Å²) in [5.74, 6) is -0.942. The van der Waals surface area contributed by atoms with Crippen molar-refractivity contribution in [1.82, 2.24) is 9.47 Å². The van der Waals surface area contributed by atoms with Crippen LogP contribution in [-0.2, 0) is 31.2 Å². The second-order valence-corrected chi connectivity index (χ2v) is 10.1. The lowest BCUT2D eigenvalue weighted by Gasteiger charge is -2.17. The molecule has 0 saturated carbocycles. The highest BCUT2D eigenvalue weighted by Crippen LogP contribution is 2.32. The highest BCUT2D eigenvalue weighted by molar-refractivity contribution is 6.31. The Morgan fingerprint density at radius 2 is 1.79 bits per heavy atom. The van der Waals surface area contributed by atoms with Crippen LogP contribution in [0.3, 0.4) is 0 Å². The highest BCUT2D eigenvalue weighted by Gasteiger charge is 2.29. The smallest absolute Gasteiger partial charge is 0.307 e. The van der Waals surface area contributed by atoms with Crippen molar-refractivity contribution in [3.63, 3.8) is 0 Å². The topological polar surface area (TPSA) is 45.5 Å². The van der Waals surface area contributed by atoms with Crippen LogP contribution in [0.5, 0.6) is 0 Å². The van der Waals surface area contributed by atoms with E-state index in [0.717, 1.165) is 48.8 Å². The first-order chi connectivity index (χ1) is 15.9. The van der Waals surface area contributed by atoms with E-state index in [4.69, 9.17) is 23.2 Å². The summed E-state index contributed by atoms with van der Waals surface area (Å²) < 4.78 is 2.30. The van der Waals surface area contributed by atoms with Gasteiger partial charge in [-0.1, -0.05) is 48.2 Å². The Kier molecular flexibility index (Phi) is 8.00. The van der Waals surface area contributed by atoms with Crippen LogP contribution in [-0.4, -0.2) is 33.6 Å². The van der Waals surface area contributed by atoms with Crippen molar-refractivity contribution >= 4 is 40.1 Å². The fourth-order valence-corrected chi connectivity index (χ4v) is 5.49. The number of hydrogen-bond acceptors (Lipinski definition) is 2. The molecule has 2 heterocycles. The lowest BCUT2D eigenvalue weighted by Crippen LogP contribution is -2.23. The molecule has 4 rings (SSSR count). The van der Waals surface area contributed by atoms with Gasteiger partial charge >= 0.3 is 5.97 Å². The predicted molar refractivity (Wildman–Crippen MR) is 136 cm³/mol. The van der Waals surface area contributed by atoms with Gasteiger partial charge in [-0.15, -0.1) is 0 Å². The number of aliphatic carboxylic acids is 1. The van der Waals surface area contributed by atoms with Crippen LogP contribution >= 0.6 is 23.2 Å². The number of carbonyl (C=O) groups is 1. The zero-order chi connectivity index (χ0) is 23.4. The van der Waals surface area contributed by atoms with Crippen LogP contribution in [0.1, 0.15) is 48.9 Å². The minimum atomic E-state index is -0.684. The van der Waals surface area contributed by atoms with Crippen LogP contribution in [0.4, 0.5) is 0 Å². The third-order valence-corrected chi connectivity index (χ3v) is 7.39. The average Bonchev–Trinajstić information content (AvgIpc) is 3.35. The molecule has 0 aliphatic carbocycles. The normalized spacial score (nSPS) is 16.6. The van der Waals surface area contributed by atoms with Gasteiger partial charge in [0.15, 0.2) is 0 Å². The molecular formula is C27H32Cl2N2O2. The molecule has 1 saturated heterocycles. The summed E-state index contributed by atoms with van der Waals surface area (Å²) in [6, 6.07) is 14.2. The molecule has 2 aromatic carbocycles. The summed E-state index contributed by atoms with van der Waals surface area (Å²) in [4.78, 5) is 13.7. The van der Waals surface area contributed by atoms with E-state index in [-0.39, 0.29) is 5.92 Å². The molecule has 1 N–H and O–H groups in total. The molecule has 6 heteroatoms. The van der Waals surface area contributed by atoms with Crippen molar-refractivity contribution in [1.29, 1.82) is 0 Å². The van der Waals surface area contributed by atoms with Crippen molar-refractivity contribution in [2.24, 2.45) is 13.0 Å². The molecule has 3 aromatic rings. The van der Waals surface area contributed by atoms with Crippen molar-refractivity contribution in [3.8, 4) is 0 Å². The third-order valence-electron chi connectivity index (χ3n) is 6.92. The molecule has 0 amide bonds. The van der Waals surface area contributed by atoms with Crippen molar-refractivity contribution < 1.29 is 9.90 Å². The number of unbranched alkanes of at least 4 members (excludes halogenated alkanes) is 3. The number of rotatable bonds is 10. The standard InChI is InChI=1S/C27H32Cl2N2O2/c1-30-25(10-5-3-2-4-7-19-8-6-9-21(28)15-19)24(23-16-22(29)11-12-26(23)30)18-31-14-13-20(17-31)27(32)33/h6,8-9,11-12,15-16,20H,2-5,7,10,13-14,17-18H2,1H3,(H,32,33)/t20-/m0/s1. The molecule has 1 atom stereocenters. The van der Waals surface area contributed by atoms with Crippen LogP contribution in [0.2, 0.25) is 10.0 Å². The molecule has 4 nitrogen and oxygen atoms in total. The molecule has 1 aliphatic heterocycles. The van der Waals surface area contributed by atoms with E-state index < -0.39 is 5.97 Å². The molecule has 176 valence electrons. The van der Waals surface area contributed by atoms with Crippen LogP contribution in [0.25, 0.3) is 10.9 Å². The van der Waals surface area contributed by atoms with Crippen LogP contribution in [0, 0.1) is 5.92 Å². The minimum Gasteiger partial charge on any atom is -0.481 e. The Morgan fingerprint density at radius 3 is 2.52 bits per heavy atom. The second-order valence-electron chi connectivity index (χ2n) is 9.25. The first-order valence-corrected chi connectivity index (χ1v) is 12.6. The Bertz CT molecular complexity index is 1120. The minimum absolute atomic E-state index is 0.258. The highest BCUT2D eigenvalue weighted by atomic mass is 35.5. The van der Waals surface area contributed by atoms with Gasteiger partial charge < -0.3 is 9.67 Å². The molecule has 0 radical (unpaired) electrons. The monoisotopic (exact) mass is 486 g/mol. The Balaban J connectivity index is 1.40. The van der Waals surface area contributed by atoms with Crippen molar-refractivity contribution in [2.45, 2.75) is 51.5 Å². The largest absolute Gasteiger partial charge is 0.481 e. The van der Waals surface area contributed by atoms with E-state index in [0.29, 0.717) is 6.54 Å². The van der Waals surface area contributed by atoms with Gasteiger partial charge in [-0.3, -0.25) is 9.69 Å². The van der Waals surface area contributed by atoms with Gasteiger partial charge in [-0.2, -0.15) is 0 Å². The number of aryl methyl sites for hydroxylation is 2. The summed E-state index contributed by atoms with van der Waals surface area (Å²) in [7, 11) is 2.14. The number of carboxylic acids is 1. The summed E-state index contributed by atoms with van der Waals surface area (Å²) in [6.07, 6.45) is 7.50. The number of carboxylic acid groups (broad SMARTS) is 1. The van der Waals surface area contributed by atoms with Crippen LogP contribution < -0.4 is 0 Å². The van der Waals surface area contributed by atoms with Gasteiger partial charge in [0.2, 0.25) is 0 Å². The van der Waals surface area contributed by atoms with Gasteiger partial charge in [-0.05, 0) is 80.1 Å². The molecule has 1 aliphatic rings. The second kappa shape index (κ2) is 10.9. The number of likely N-dealkylation sites (tertiary alicyclic amines) is 1. The van der Waals surface area contributed by atoms with E-state index in [1.54, 1.807) is 0 Å². The molecule has 0 bridgehead atoms. The van der Waals surface area contributed by atoms with E-state index in [1.807, 2.05) is 18.2 Å². The molecule has 0 unspecified atom stereocenters. The molecule has 1 fully saturated rings. The first kappa shape index (κ1) is 24.1. The molecule has 33 heavy (non-hydrogen) atoms. The Hall–Kier alpha value is -2.01. The Labute approximate surface area is 206 Å². The van der Waals surface area contributed by atoms with Gasteiger partial charge in [0.25, 0.3) is 0 Å². The molecule has 1 aromatic heterocycles. The third kappa shape index (κ3) is 5.92. The number of fused-ring (bicyclic) bond motifs is 1.